The molecule has 1 aromatic carbocycles. The maximum Gasteiger partial charge on any atom is 0.416 e. The minimum absolute atomic E-state index is 0.0770. The molecule has 31 heavy (non-hydrogen) atoms. The fourth-order valence-electron chi connectivity index (χ4n) is 3.92. The summed E-state index contributed by atoms with van der Waals surface area (Å²) in [6.45, 7) is 5.85. The standard InChI is InChI=1S/C23H22N4O4/c1-23(2,3)20-15(14-8-4-5-9-16(14)27(20)22(30)31)12-26-21(29)18-19(28)17-13(11-25-18)7-6-10-24-17/h4-11,28H,12H2,1-3H3,(H,26,29)(H,30,31). The fourth-order valence-corrected chi connectivity index (χ4v) is 3.92. The second-order valence-electron chi connectivity index (χ2n) is 8.29. The van der Waals surface area contributed by atoms with Crippen LogP contribution in [0.5, 0.6) is 5.75 Å². The molecule has 8 heteroatoms. The van der Waals surface area contributed by atoms with Crippen LogP contribution in [-0.4, -0.2) is 36.7 Å². The van der Waals surface area contributed by atoms with Crippen LogP contribution < -0.4 is 5.32 Å². The predicted molar refractivity (Wildman–Crippen MR) is 116 cm³/mol. The molecule has 0 atom stereocenters. The highest BCUT2D eigenvalue weighted by molar-refractivity contribution is 6.00. The van der Waals surface area contributed by atoms with Gasteiger partial charge in [-0.15, -0.1) is 0 Å². The molecule has 0 radical (unpaired) electrons. The van der Waals surface area contributed by atoms with Crippen LogP contribution >= 0.6 is 0 Å². The Kier molecular flexibility index (Phi) is 4.85. The van der Waals surface area contributed by atoms with Gasteiger partial charge < -0.3 is 15.5 Å². The van der Waals surface area contributed by atoms with Gasteiger partial charge >= 0.3 is 6.09 Å². The van der Waals surface area contributed by atoms with Gasteiger partial charge in [0.15, 0.2) is 11.4 Å². The van der Waals surface area contributed by atoms with Crippen LogP contribution in [0.4, 0.5) is 4.79 Å². The average molecular weight is 418 g/mol. The van der Waals surface area contributed by atoms with E-state index in [0.717, 1.165) is 5.39 Å². The van der Waals surface area contributed by atoms with Gasteiger partial charge in [-0.25, -0.2) is 14.3 Å². The zero-order chi connectivity index (χ0) is 22.3. The average Bonchev–Trinajstić information content (AvgIpc) is 3.07. The van der Waals surface area contributed by atoms with Crippen LogP contribution in [0.3, 0.4) is 0 Å². The third-order valence-electron chi connectivity index (χ3n) is 5.14. The zero-order valence-electron chi connectivity index (χ0n) is 17.4. The molecule has 0 saturated carbocycles. The Morgan fingerprint density at radius 1 is 1.10 bits per heavy atom. The zero-order valence-corrected chi connectivity index (χ0v) is 17.4. The van der Waals surface area contributed by atoms with E-state index in [1.165, 1.54) is 17.0 Å². The third-order valence-corrected chi connectivity index (χ3v) is 5.14. The van der Waals surface area contributed by atoms with Crippen molar-refractivity contribution in [3.05, 3.63) is 65.7 Å². The van der Waals surface area contributed by atoms with Gasteiger partial charge in [0.2, 0.25) is 0 Å². The number of para-hydroxylation sites is 1. The maximum atomic E-state index is 12.8. The van der Waals surface area contributed by atoms with Gasteiger partial charge in [0.1, 0.15) is 5.52 Å². The molecule has 0 bridgehead atoms. The van der Waals surface area contributed by atoms with Gasteiger partial charge in [-0.05, 0) is 18.2 Å². The first-order valence-corrected chi connectivity index (χ1v) is 9.77. The van der Waals surface area contributed by atoms with Crippen molar-refractivity contribution >= 4 is 33.8 Å². The number of hydrogen-bond acceptors (Lipinski definition) is 5. The molecule has 3 aromatic heterocycles. The lowest BCUT2D eigenvalue weighted by Gasteiger charge is -2.22. The highest BCUT2D eigenvalue weighted by atomic mass is 16.4. The summed E-state index contributed by atoms with van der Waals surface area (Å²) in [6, 6.07) is 10.6. The molecule has 4 rings (SSSR count). The lowest BCUT2D eigenvalue weighted by atomic mass is 9.88. The molecule has 1 amide bonds. The van der Waals surface area contributed by atoms with Crippen LogP contribution in [0.15, 0.2) is 48.8 Å². The molecule has 0 aliphatic heterocycles. The number of carbonyl (C=O) groups is 2. The summed E-state index contributed by atoms with van der Waals surface area (Å²) in [6.07, 6.45) is 1.92. The SMILES string of the molecule is CC(C)(C)c1c(CNC(=O)c2ncc3cccnc3c2O)c2ccccc2n1C(=O)O. The lowest BCUT2D eigenvalue weighted by Crippen LogP contribution is -2.28. The van der Waals surface area contributed by atoms with E-state index in [1.54, 1.807) is 24.3 Å². The van der Waals surface area contributed by atoms with Crippen molar-refractivity contribution in [3.8, 4) is 5.75 Å². The molecule has 4 aromatic rings. The van der Waals surface area contributed by atoms with E-state index in [1.807, 2.05) is 32.9 Å². The Bertz CT molecular complexity index is 1330. The molecular formula is C23H22N4O4. The van der Waals surface area contributed by atoms with E-state index in [-0.39, 0.29) is 18.0 Å². The molecule has 0 spiro atoms. The van der Waals surface area contributed by atoms with Crippen LogP contribution in [-0.2, 0) is 12.0 Å². The molecule has 0 aliphatic rings. The van der Waals surface area contributed by atoms with Crippen molar-refractivity contribution in [1.29, 1.82) is 0 Å². The molecule has 3 N–H and O–H groups in total. The summed E-state index contributed by atoms with van der Waals surface area (Å²) in [7, 11) is 0. The summed E-state index contributed by atoms with van der Waals surface area (Å²) in [5.41, 5.74) is 1.52. The molecule has 158 valence electrons. The van der Waals surface area contributed by atoms with Crippen LogP contribution in [0.1, 0.15) is 42.5 Å². The number of nitrogens with one attached hydrogen (secondary N) is 1. The van der Waals surface area contributed by atoms with Crippen molar-refractivity contribution in [1.82, 2.24) is 19.9 Å². The number of carboxylic acid groups (broad SMARTS) is 1. The Morgan fingerprint density at radius 3 is 2.55 bits per heavy atom. The number of rotatable bonds is 3. The van der Waals surface area contributed by atoms with Crippen LogP contribution in [0.2, 0.25) is 0 Å². The number of fused-ring (bicyclic) bond motifs is 2. The lowest BCUT2D eigenvalue weighted by molar-refractivity contribution is 0.0943. The van der Waals surface area contributed by atoms with E-state index in [2.05, 4.69) is 15.3 Å². The topological polar surface area (TPSA) is 117 Å². The molecule has 0 aliphatic carbocycles. The Balaban J connectivity index is 1.75. The minimum atomic E-state index is -1.08. The third kappa shape index (κ3) is 3.46. The van der Waals surface area contributed by atoms with Gasteiger partial charge in [0, 0.05) is 46.4 Å². The Morgan fingerprint density at radius 2 is 1.84 bits per heavy atom. The second kappa shape index (κ2) is 7.39. The number of amides is 1. The molecular weight excluding hydrogens is 396 g/mol. The smallest absolute Gasteiger partial charge is 0.416 e. The number of nitrogens with zero attached hydrogens (tertiary/aromatic N) is 3. The van der Waals surface area contributed by atoms with Gasteiger partial charge in [0.25, 0.3) is 5.91 Å². The number of carbonyl (C=O) groups excluding carboxylic acids is 1. The Hall–Kier alpha value is -3.94. The number of aromatic nitrogens is 3. The van der Waals surface area contributed by atoms with Crippen LogP contribution in [0.25, 0.3) is 21.8 Å². The van der Waals surface area contributed by atoms with Gasteiger partial charge in [-0.1, -0.05) is 39.0 Å². The van der Waals surface area contributed by atoms with Crippen molar-refractivity contribution in [2.45, 2.75) is 32.7 Å². The maximum absolute atomic E-state index is 12.8. The van der Waals surface area contributed by atoms with Crippen LogP contribution in [0, 0.1) is 0 Å². The summed E-state index contributed by atoms with van der Waals surface area (Å²) < 4.78 is 1.27. The first kappa shape index (κ1) is 20.3. The van der Waals surface area contributed by atoms with Gasteiger partial charge in [-0.3, -0.25) is 9.78 Å². The minimum Gasteiger partial charge on any atom is -0.504 e. The number of pyridine rings is 2. The fraction of sp³-hybridized carbons (Fsp3) is 0.217. The number of hydrogen-bond donors (Lipinski definition) is 3. The number of aromatic hydroxyl groups is 1. The number of benzene rings is 1. The van der Waals surface area contributed by atoms with E-state index in [0.29, 0.717) is 27.7 Å². The predicted octanol–water partition coefficient (Wildman–Crippen LogP) is 4.04. The highest BCUT2D eigenvalue weighted by Gasteiger charge is 2.29. The molecule has 3 heterocycles. The quantitative estimate of drug-likeness (QED) is 0.462. The molecule has 8 nitrogen and oxygen atoms in total. The summed E-state index contributed by atoms with van der Waals surface area (Å²) >= 11 is 0. The highest BCUT2D eigenvalue weighted by Crippen LogP contribution is 2.34. The molecule has 0 unspecified atom stereocenters. The Labute approximate surface area is 178 Å². The van der Waals surface area contributed by atoms with E-state index in [9.17, 15) is 19.8 Å². The van der Waals surface area contributed by atoms with Crippen molar-refractivity contribution in [3.63, 3.8) is 0 Å². The first-order chi connectivity index (χ1) is 14.7. The molecule has 0 fully saturated rings. The summed E-state index contributed by atoms with van der Waals surface area (Å²) in [5.74, 6) is -0.864. The van der Waals surface area contributed by atoms with Crippen molar-refractivity contribution in [2.75, 3.05) is 0 Å². The normalized spacial score (nSPS) is 11.7. The van der Waals surface area contributed by atoms with Gasteiger partial charge in [-0.2, -0.15) is 0 Å². The summed E-state index contributed by atoms with van der Waals surface area (Å²) in [5, 5.41) is 24.5. The largest absolute Gasteiger partial charge is 0.504 e. The monoisotopic (exact) mass is 418 g/mol. The van der Waals surface area contributed by atoms with E-state index >= 15 is 0 Å². The summed E-state index contributed by atoms with van der Waals surface area (Å²) in [4.78, 5) is 33.1. The molecule has 0 saturated heterocycles. The first-order valence-electron chi connectivity index (χ1n) is 9.77. The second-order valence-corrected chi connectivity index (χ2v) is 8.29. The van der Waals surface area contributed by atoms with Crippen molar-refractivity contribution in [2.24, 2.45) is 0 Å². The van der Waals surface area contributed by atoms with Crippen molar-refractivity contribution < 1.29 is 19.8 Å². The van der Waals surface area contributed by atoms with E-state index in [4.69, 9.17) is 0 Å². The van der Waals surface area contributed by atoms with Gasteiger partial charge in [0.05, 0.1) is 5.52 Å². The van der Waals surface area contributed by atoms with E-state index < -0.39 is 17.4 Å².